The van der Waals surface area contributed by atoms with Crippen molar-refractivity contribution in [2.45, 2.75) is 0 Å². The molecule has 3 aromatic rings. The number of nitrogens with one attached hydrogen (secondary N) is 1. The fraction of sp³-hybridized carbons (Fsp3) is 0.0714. The van der Waals surface area contributed by atoms with Gasteiger partial charge in [0.2, 0.25) is 0 Å². The molecule has 0 radical (unpaired) electrons. The molecular formula is C14H10ClFN2OS. The molecule has 0 aliphatic heterocycles. The van der Waals surface area contributed by atoms with E-state index in [-0.39, 0.29) is 5.82 Å². The van der Waals surface area contributed by atoms with E-state index in [0.717, 1.165) is 16.0 Å². The molecule has 0 bridgehead atoms. The van der Waals surface area contributed by atoms with Crippen molar-refractivity contribution in [3.05, 3.63) is 47.2 Å². The van der Waals surface area contributed by atoms with E-state index < -0.39 is 0 Å². The Labute approximate surface area is 124 Å². The van der Waals surface area contributed by atoms with Gasteiger partial charge in [0, 0.05) is 5.02 Å². The van der Waals surface area contributed by atoms with E-state index in [2.05, 4.69) is 10.3 Å². The van der Waals surface area contributed by atoms with Crippen molar-refractivity contribution in [3.63, 3.8) is 0 Å². The normalized spacial score (nSPS) is 10.8. The highest BCUT2D eigenvalue weighted by Crippen LogP contribution is 2.32. The monoisotopic (exact) mass is 308 g/mol. The number of halogens is 2. The molecule has 0 saturated carbocycles. The fourth-order valence-corrected chi connectivity index (χ4v) is 2.87. The van der Waals surface area contributed by atoms with Crippen LogP contribution in [0, 0.1) is 5.82 Å². The van der Waals surface area contributed by atoms with E-state index in [4.69, 9.17) is 16.3 Å². The van der Waals surface area contributed by atoms with Crippen LogP contribution in [0.4, 0.5) is 15.2 Å². The number of anilines is 2. The number of benzene rings is 2. The summed E-state index contributed by atoms with van der Waals surface area (Å²) in [6.45, 7) is 0. The van der Waals surface area contributed by atoms with Crippen molar-refractivity contribution in [2.24, 2.45) is 0 Å². The minimum atomic E-state index is -0.369. The van der Waals surface area contributed by atoms with E-state index in [1.54, 1.807) is 7.11 Å². The number of fused-ring (bicyclic) bond motifs is 1. The van der Waals surface area contributed by atoms with Crippen LogP contribution in [0.3, 0.4) is 0 Å². The van der Waals surface area contributed by atoms with Gasteiger partial charge in [-0.3, -0.25) is 0 Å². The van der Waals surface area contributed by atoms with E-state index in [1.165, 1.54) is 29.5 Å². The molecule has 1 aromatic heterocycles. The van der Waals surface area contributed by atoms with Crippen LogP contribution in [0.5, 0.6) is 5.75 Å². The van der Waals surface area contributed by atoms with Gasteiger partial charge in [-0.2, -0.15) is 0 Å². The van der Waals surface area contributed by atoms with Gasteiger partial charge < -0.3 is 10.1 Å². The number of hydrogen-bond acceptors (Lipinski definition) is 4. The van der Waals surface area contributed by atoms with Crippen LogP contribution in [-0.4, -0.2) is 12.1 Å². The third-order valence-corrected chi connectivity index (χ3v) is 3.93. The molecule has 6 heteroatoms. The van der Waals surface area contributed by atoms with Crippen LogP contribution in [0.2, 0.25) is 5.02 Å². The van der Waals surface area contributed by atoms with Gasteiger partial charge in [-0.25, -0.2) is 9.37 Å². The van der Waals surface area contributed by atoms with Gasteiger partial charge in [0.15, 0.2) is 5.13 Å². The van der Waals surface area contributed by atoms with Crippen molar-refractivity contribution in [1.29, 1.82) is 0 Å². The second-order valence-corrected chi connectivity index (χ2v) is 5.57. The molecule has 0 aliphatic rings. The summed E-state index contributed by atoms with van der Waals surface area (Å²) in [5.41, 5.74) is 1.14. The Balaban J connectivity index is 1.96. The third-order valence-electron chi connectivity index (χ3n) is 2.77. The lowest BCUT2D eigenvalue weighted by Crippen LogP contribution is -1.92. The standard InChI is InChI=1S/C14H10ClFN2OS/c1-19-9-3-5-11-13(7-9)20-14(17-11)18-12-6-8(15)2-4-10(12)16/h2-7H,1H3,(H,17,18). The highest BCUT2D eigenvalue weighted by molar-refractivity contribution is 7.22. The number of aromatic nitrogens is 1. The summed E-state index contributed by atoms with van der Waals surface area (Å²) in [6, 6.07) is 9.96. The first-order chi connectivity index (χ1) is 9.65. The van der Waals surface area contributed by atoms with Crippen molar-refractivity contribution < 1.29 is 9.13 Å². The maximum atomic E-state index is 13.7. The molecular weight excluding hydrogens is 299 g/mol. The van der Waals surface area contributed by atoms with Crippen LogP contribution < -0.4 is 10.1 Å². The number of nitrogens with zero attached hydrogens (tertiary/aromatic N) is 1. The summed E-state index contributed by atoms with van der Waals surface area (Å²) < 4.78 is 19.8. The van der Waals surface area contributed by atoms with Gasteiger partial charge in [-0.05, 0) is 36.4 Å². The molecule has 0 aliphatic carbocycles. The summed E-state index contributed by atoms with van der Waals surface area (Å²) in [4.78, 5) is 4.40. The molecule has 0 fully saturated rings. The largest absolute Gasteiger partial charge is 0.497 e. The molecule has 0 spiro atoms. The number of rotatable bonds is 3. The van der Waals surface area contributed by atoms with Crippen LogP contribution in [0.15, 0.2) is 36.4 Å². The highest BCUT2D eigenvalue weighted by atomic mass is 35.5. The van der Waals surface area contributed by atoms with Crippen molar-refractivity contribution in [2.75, 3.05) is 12.4 Å². The Morgan fingerprint density at radius 1 is 1.25 bits per heavy atom. The zero-order valence-corrected chi connectivity index (χ0v) is 12.1. The second-order valence-electron chi connectivity index (χ2n) is 4.10. The van der Waals surface area contributed by atoms with Crippen molar-refractivity contribution in [3.8, 4) is 5.75 Å². The Morgan fingerprint density at radius 2 is 2.10 bits per heavy atom. The molecule has 0 unspecified atom stereocenters. The van der Waals surface area contributed by atoms with Gasteiger partial charge in [0.05, 0.1) is 23.0 Å². The lowest BCUT2D eigenvalue weighted by atomic mass is 10.3. The van der Waals surface area contributed by atoms with Gasteiger partial charge >= 0.3 is 0 Å². The van der Waals surface area contributed by atoms with Crippen LogP contribution >= 0.6 is 22.9 Å². The molecule has 102 valence electrons. The minimum Gasteiger partial charge on any atom is -0.497 e. The molecule has 1 N–H and O–H groups in total. The molecule has 0 saturated heterocycles. The van der Waals surface area contributed by atoms with E-state index in [9.17, 15) is 4.39 Å². The van der Waals surface area contributed by atoms with Gasteiger partial charge in [-0.1, -0.05) is 22.9 Å². The second kappa shape index (κ2) is 5.26. The molecule has 3 rings (SSSR count). The number of hydrogen-bond donors (Lipinski definition) is 1. The van der Waals surface area contributed by atoms with E-state index in [0.29, 0.717) is 15.8 Å². The number of methoxy groups -OCH3 is 1. The smallest absolute Gasteiger partial charge is 0.188 e. The number of thiazole rings is 1. The van der Waals surface area contributed by atoms with Crippen molar-refractivity contribution >= 4 is 44.0 Å². The molecule has 1 heterocycles. The Bertz CT molecular complexity index is 775. The zero-order valence-electron chi connectivity index (χ0n) is 10.5. The lowest BCUT2D eigenvalue weighted by Gasteiger charge is -2.03. The summed E-state index contributed by atoms with van der Waals surface area (Å²) in [5.74, 6) is 0.396. The Hall–Kier alpha value is -1.85. The van der Waals surface area contributed by atoms with Gasteiger partial charge in [0.25, 0.3) is 0 Å². The maximum Gasteiger partial charge on any atom is 0.188 e. The quantitative estimate of drug-likeness (QED) is 0.751. The lowest BCUT2D eigenvalue weighted by molar-refractivity contribution is 0.415. The molecule has 0 atom stereocenters. The third kappa shape index (κ3) is 2.55. The summed E-state index contributed by atoms with van der Waals surface area (Å²) in [6.07, 6.45) is 0. The number of ether oxygens (including phenoxy) is 1. The average Bonchev–Trinajstić information content (AvgIpc) is 2.84. The first-order valence-corrected chi connectivity index (χ1v) is 7.02. The summed E-state index contributed by atoms with van der Waals surface area (Å²) >= 11 is 7.29. The van der Waals surface area contributed by atoms with Crippen LogP contribution in [0.1, 0.15) is 0 Å². The summed E-state index contributed by atoms with van der Waals surface area (Å²) in [5, 5.41) is 4.02. The maximum absolute atomic E-state index is 13.7. The minimum absolute atomic E-state index is 0.309. The average molecular weight is 309 g/mol. The van der Waals surface area contributed by atoms with Crippen molar-refractivity contribution in [1.82, 2.24) is 4.98 Å². The Kier molecular flexibility index (Phi) is 3.46. The molecule has 0 amide bonds. The highest BCUT2D eigenvalue weighted by Gasteiger charge is 2.08. The molecule has 20 heavy (non-hydrogen) atoms. The first-order valence-electron chi connectivity index (χ1n) is 5.82. The van der Waals surface area contributed by atoms with Crippen LogP contribution in [-0.2, 0) is 0 Å². The Morgan fingerprint density at radius 3 is 2.90 bits per heavy atom. The SMILES string of the molecule is COc1ccc2nc(Nc3cc(Cl)ccc3F)sc2c1. The predicted molar refractivity (Wildman–Crippen MR) is 80.9 cm³/mol. The van der Waals surface area contributed by atoms with Gasteiger partial charge in [-0.15, -0.1) is 0 Å². The predicted octanol–water partition coefficient (Wildman–Crippen LogP) is 4.84. The topological polar surface area (TPSA) is 34.1 Å². The van der Waals surface area contributed by atoms with E-state index >= 15 is 0 Å². The summed E-state index contributed by atoms with van der Waals surface area (Å²) in [7, 11) is 1.61. The van der Waals surface area contributed by atoms with Gasteiger partial charge in [0.1, 0.15) is 11.6 Å². The molecule has 2 aromatic carbocycles. The zero-order chi connectivity index (χ0) is 14.1. The van der Waals surface area contributed by atoms with E-state index in [1.807, 2.05) is 18.2 Å². The molecule has 3 nitrogen and oxygen atoms in total. The fourth-order valence-electron chi connectivity index (χ4n) is 1.79. The van der Waals surface area contributed by atoms with Crippen LogP contribution in [0.25, 0.3) is 10.2 Å². The first kappa shape index (κ1) is 13.1.